The lowest BCUT2D eigenvalue weighted by Gasteiger charge is -2.26. The number of imidazole rings is 1. The van der Waals surface area contributed by atoms with E-state index >= 15 is 0 Å². The van der Waals surface area contributed by atoms with E-state index in [2.05, 4.69) is 15.0 Å². The predicted octanol–water partition coefficient (Wildman–Crippen LogP) is 1.49. The molecule has 0 fully saturated rings. The van der Waals surface area contributed by atoms with Crippen LogP contribution in [0.15, 0.2) is 29.3 Å². The molecule has 4 rings (SSSR count). The number of benzene rings is 1. The highest BCUT2D eigenvalue weighted by Crippen LogP contribution is 2.55. The van der Waals surface area contributed by atoms with Gasteiger partial charge in [0, 0.05) is 12.1 Å². The van der Waals surface area contributed by atoms with Crippen LogP contribution < -0.4 is 20.6 Å². The first-order chi connectivity index (χ1) is 13.5. The molecule has 0 saturated carbocycles. The fourth-order valence-electron chi connectivity index (χ4n) is 2.81. The summed E-state index contributed by atoms with van der Waals surface area (Å²) in [6, 6.07) is 5.34. The minimum absolute atomic E-state index is 0.00113. The fourth-order valence-corrected chi connectivity index (χ4v) is 4.16. The summed E-state index contributed by atoms with van der Waals surface area (Å²) < 4.78 is 36.1. The Hall–Kier alpha value is -2.88. The maximum atomic E-state index is 12.8. The molecule has 1 atom stereocenters. The van der Waals surface area contributed by atoms with Crippen LogP contribution in [0.3, 0.4) is 0 Å². The van der Waals surface area contributed by atoms with E-state index in [1.165, 1.54) is 13.4 Å². The van der Waals surface area contributed by atoms with E-state index in [1.54, 1.807) is 16.7 Å². The number of nitrogens with one attached hydrogen (secondary N) is 1. The van der Waals surface area contributed by atoms with Gasteiger partial charge < -0.3 is 24.3 Å². The van der Waals surface area contributed by atoms with Crippen molar-refractivity contribution in [2.45, 2.75) is 13.2 Å². The number of H-pyrrole nitrogens is 1. The van der Waals surface area contributed by atoms with Gasteiger partial charge in [-0.25, -0.2) is 9.55 Å². The van der Waals surface area contributed by atoms with Crippen molar-refractivity contribution in [3.8, 4) is 11.5 Å². The quantitative estimate of drug-likeness (QED) is 0.459. The molecule has 2 aromatic heterocycles. The molecule has 11 nitrogen and oxygen atoms in total. The third-order valence-corrected chi connectivity index (χ3v) is 5.63. The average Bonchev–Trinajstić information content (AvgIpc) is 3.08. The van der Waals surface area contributed by atoms with E-state index in [9.17, 15) is 9.36 Å². The first-order valence-corrected chi connectivity index (χ1v) is 10.1. The summed E-state index contributed by atoms with van der Waals surface area (Å²) in [7, 11) is -1.96. The predicted molar refractivity (Wildman–Crippen MR) is 99.4 cm³/mol. The molecule has 0 amide bonds. The Morgan fingerprint density at radius 3 is 3.11 bits per heavy atom. The van der Waals surface area contributed by atoms with Gasteiger partial charge in [-0.2, -0.15) is 4.98 Å². The normalized spacial score (nSPS) is 18.6. The summed E-state index contributed by atoms with van der Waals surface area (Å²) >= 11 is 0. The van der Waals surface area contributed by atoms with Gasteiger partial charge in [-0.3, -0.25) is 14.3 Å². The van der Waals surface area contributed by atoms with Crippen LogP contribution in [0.5, 0.6) is 11.5 Å². The van der Waals surface area contributed by atoms with Crippen molar-refractivity contribution in [1.29, 1.82) is 0 Å². The Labute approximate surface area is 158 Å². The number of aromatic amines is 1. The van der Waals surface area contributed by atoms with E-state index in [1.807, 2.05) is 6.07 Å². The molecule has 0 aliphatic carbocycles. The van der Waals surface area contributed by atoms with Gasteiger partial charge in [0.25, 0.3) is 5.56 Å². The van der Waals surface area contributed by atoms with Crippen molar-refractivity contribution in [1.82, 2.24) is 19.5 Å². The molecule has 0 spiro atoms. The molecule has 1 unspecified atom stereocenters. The lowest BCUT2D eigenvalue weighted by atomic mass is 10.2. The van der Waals surface area contributed by atoms with Gasteiger partial charge in [0.1, 0.15) is 0 Å². The Balaban J connectivity index is 1.39. The summed E-state index contributed by atoms with van der Waals surface area (Å²) in [5.74, 6) is 0.892. The molecule has 148 valence electrons. The lowest BCUT2D eigenvalue weighted by molar-refractivity contribution is 0.132. The number of methoxy groups -OCH3 is 1. The average molecular weight is 407 g/mol. The van der Waals surface area contributed by atoms with Gasteiger partial charge >= 0.3 is 7.60 Å². The molecule has 0 saturated heterocycles. The third-order valence-electron chi connectivity index (χ3n) is 4.15. The number of fused-ring (bicyclic) bond motifs is 2. The molecule has 3 N–H and O–H groups in total. The van der Waals surface area contributed by atoms with Crippen LogP contribution in [0.4, 0.5) is 5.95 Å². The smallest absolute Gasteiger partial charge is 0.405 e. The summed E-state index contributed by atoms with van der Waals surface area (Å²) in [4.78, 5) is 22.2. The fraction of sp³-hybridized carbons (Fsp3) is 0.312. The molecule has 3 aromatic rings. The summed E-state index contributed by atoms with van der Waals surface area (Å²) in [6.07, 6.45) is 1.24. The Bertz CT molecular complexity index is 1110. The third kappa shape index (κ3) is 3.47. The van der Waals surface area contributed by atoms with Gasteiger partial charge in [0.05, 0.1) is 26.7 Å². The summed E-state index contributed by atoms with van der Waals surface area (Å²) in [5, 5.41) is 0. The molecule has 0 bridgehead atoms. The number of nitrogen functional groups attached to an aromatic ring is 1. The Morgan fingerprint density at radius 2 is 2.29 bits per heavy atom. The molecule has 12 heteroatoms. The number of ether oxygens (including phenoxy) is 2. The second kappa shape index (κ2) is 7.27. The second-order valence-corrected chi connectivity index (χ2v) is 7.94. The van der Waals surface area contributed by atoms with Gasteiger partial charge in [-0.15, -0.1) is 0 Å². The van der Waals surface area contributed by atoms with Crippen LogP contribution in [-0.2, 0) is 27.0 Å². The Morgan fingerprint density at radius 1 is 1.43 bits per heavy atom. The van der Waals surface area contributed by atoms with Crippen LogP contribution in [0.2, 0.25) is 0 Å². The first-order valence-electron chi connectivity index (χ1n) is 8.36. The molecule has 28 heavy (non-hydrogen) atoms. The summed E-state index contributed by atoms with van der Waals surface area (Å²) in [6.45, 7) is 0.646. The van der Waals surface area contributed by atoms with E-state index in [4.69, 9.17) is 24.3 Å². The molecular formula is C16H18N5O6P. The zero-order valence-electron chi connectivity index (χ0n) is 15.0. The standard InChI is InChI=1S/C16H18N5O6P/c1-24-11-4-2-3-10-7-26-28(23,27-13(10)11)9-25-6-5-21-8-18-12-14(21)19-16(17)20-15(12)22/h2-4,8H,5-7,9H2,1H3,(H3,17,19,20,22). The van der Waals surface area contributed by atoms with E-state index in [0.717, 1.165) is 5.56 Å². The number of anilines is 1. The molecular weight excluding hydrogens is 389 g/mol. The highest BCUT2D eigenvalue weighted by Gasteiger charge is 2.34. The van der Waals surface area contributed by atoms with Crippen molar-refractivity contribution in [2.24, 2.45) is 0 Å². The van der Waals surface area contributed by atoms with Crippen LogP contribution >= 0.6 is 7.60 Å². The van der Waals surface area contributed by atoms with Crippen LogP contribution in [0.1, 0.15) is 5.56 Å². The zero-order chi connectivity index (χ0) is 19.7. The highest BCUT2D eigenvalue weighted by molar-refractivity contribution is 7.54. The van der Waals surface area contributed by atoms with Crippen LogP contribution in [0.25, 0.3) is 11.2 Å². The van der Waals surface area contributed by atoms with E-state index < -0.39 is 13.2 Å². The van der Waals surface area contributed by atoms with Crippen LogP contribution in [-0.4, -0.2) is 39.6 Å². The molecule has 1 aromatic carbocycles. The van der Waals surface area contributed by atoms with E-state index in [0.29, 0.717) is 23.7 Å². The first kappa shape index (κ1) is 18.5. The minimum atomic E-state index is -3.47. The number of hydrogen-bond acceptors (Lipinski definition) is 9. The van der Waals surface area contributed by atoms with Crippen LogP contribution in [0, 0.1) is 0 Å². The summed E-state index contributed by atoms with van der Waals surface area (Å²) in [5.41, 5.74) is 6.44. The van der Waals surface area contributed by atoms with E-state index in [-0.39, 0.29) is 31.0 Å². The molecule has 1 aliphatic heterocycles. The number of aromatic nitrogens is 4. The number of hydrogen-bond donors (Lipinski definition) is 2. The molecule has 1 aliphatic rings. The van der Waals surface area contributed by atoms with Crippen molar-refractivity contribution < 1.29 is 23.1 Å². The number of rotatable bonds is 6. The topological polar surface area (TPSA) is 144 Å². The van der Waals surface area contributed by atoms with Gasteiger partial charge in [0.2, 0.25) is 5.95 Å². The van der Waals surface area contributed by atoms with Crippen molar-refractivity contribution in [3.05, 3.63) is 40.4 Å². The van der Waals surface area contributed by atoms with Crippen molar-refractivity contribution >= 4 is 24.7 Å². The Kier molecular flexibility index (Phi) is 4.80. The molecule has 3 heterocycles. The van der Waals surface area contributed by atoms with Gasteiger partial charge in [-0.1, -0.05) is 12.1 Å². The van der Waals surface area contributed by atoms with Crippen molar-refractivity contribution in [2.75, 3.05) is 25.8 Å². The number of para-hydroxylation sites is 1. The largest absolute Gasteiger partial charge is 0.493 e. The SMILES string of the molecule is COc1cccc2c1OP(=O)(COCCn1cnc3c(=O)[nH]c(N)nc31)OC2. The number of nitrogens with two attached hydrogens (primary N) is 1. The van der Waals surface area contributed by atoms with Gasteiger partial charge in [0.15, 0.2) is 29.0 Å². The maximum Gasteiger partial charge on any atom is 0.405 e. The minimum Gasteiger partial charge on any atom is -0.493 e. The second-order valence-electron chi connectivity index (χ2n) is 6.02. The molecule has 0 radical (unpaired) electrons. The van der Waals surface area contributed by atoms with Crippen molar-refractivity contribution in [3.63, 3.8) is 0 Å². The monoisotopic (exact) mass is 407 g/mol. The van der Waals surface area contributed by atoms with Gasteiger partial charge in [-0.05, 0) is 6.07 Å². The highest BCUT2D eigenvalue weighted by atomic mass is 31.2. The maximum absolute atomic E-state index is 12.8. The lowest BCUT2D eigenvalue weighted by Crippen LogP contribution is -2.15. The number of nitrogens with zero attached hydrogens (tertiary/aromatic N) is 3. The zero-order valence-corrected chi connectivity index (χ0v) is 15.8.